The second kappa shape index (κ2) is 10.9. The number of thioether (sulfide) groups is 1. The Kier molecular flexibility index (Phi) is 7.78. The van der Waals surface area contributed by atoms with Gasteiger partial charge in [0.15, 0.2) is 11.5 Å². The number of carbonyl (C=O) groups excluding carboxylic acids is 2. The summed E-state index contributed by atoms with van der Waals surface area (Å²) in [4.78, 5) is 37.0. The third-order valence-electron chi connectivity index (χ3n) is 5.32. The summed E-state index contributed by atoms with van der Waals surface area (Å²) in [6.45, 7) is 0.108. The van der Waals surface area contributed by atoms with Gasteiger partial charge in [-0.25, -0.2) is 0 Å². The predicted octanol–water partition coefficient (Wildman–Crippen LogP) is 7.41. The summed E-state index contributed by atoms with van der Waals surface area (Å²) < 4.78 is 50.6. The van der Waals surface area contributed by atoms with Crippen LogP contribution in [0.25, 0.3) is 6.08 Å². The summed E-state index contributed by atoms with van der Waals surface area (Å²) in [6, 6.07) is 13.5. The molecule has 0 saturated carbocycles. The average molecular weight is 609 g/mol. The Morgan fingerprint density at radius 3 is 2.34 bits per heavy atom. The molecule has 1 aliphatic rings. The molecule has 0 spiro atoms. The molecule has 0 bridgehead atoms. The van der Waals surface area contributed by atoms with E-state index in [9.17, 15) is 32.9 Å². The largest absolute Gasteiger partial charge is 0.493 e. The summed E-state index contributed by atoms with van der Waals surface area (Å²) in [7, 11) is 1.30. The molecule has 13 heteroatoms. The maximum atomic E-state index is 13.0. The zero-order chi connectivity index (χ0) is 27.6. The van der Waals surface area contributed by atoms with E-state index >= 15 is 0 Å². The van der Waals surface area contributed by atoms with Crippen LogP contribution in [0.1, 0.15) is 16.7 Å². The van der Waals surface area contributed by atoms with Crippen LogP contribution in [-0.4, -0.2) is 28.1 Å². The minimum Gasteiger partial charge on any atom is -0.493 e. The highest BCUT2D eigenvalue weighted by molar-refractivity contribution is 9.10. The summed E-state index contributed by atoms with van der Waals surface area (Å²) in [5.74, 6) is -0.788. The molecular weight excluding hydrogens is 593 g/mol. The Hall–Kier alpha value is -3.84. The van der Waals surface area contributed by atoms with Crippen molar-refractivity contribution in [3.8, 4) is 17.2 Å². The molecule has 1 saturated heterocycles. The van der Waals surface area contributed by atoms with E-state index in [4.69, 9.17) is 9.47 Å². The number of nitro groups is 1. The van der Waals surface area contributed by atoms with Gasteiger partial charge in [-0.2, -0.15) is 13.2 Å². The Morgan fingerprint density at radius 1 is 1.03 bits per heavy atom. The number of carbonyl (C=O) groups is 2. The number of halogens is 4. The van der Waals surface area contributed by atoms with Crippen molar-refractivity contribution in [2.45, 2.75) is 12.7 Å². The van der Waals surface area contributed by atoms with Crippen molar-refractivity contribution in [1.82, 2.24) is 4.90 Å². The quantitative estimate of drug-likeness (QED) is 0.156. The zero-order valence-electron chi connectivity index (χ0n) is 19.3. The third-order valence-corrected chi connectivity index (χ3v) is 6.75. The van der Waals surface area contributed by atoms with Gasteiger partial charge in [-0.3, -0.25) is 24.6 Å². The lowest BCUT2D eigenvalue weighted by atomic mass is 10.1. The lowest BCUT2D eigenvalue weighted by Crippen LogP contribution is -2.27. The number of nitrogens with zero attached hydrogens (tertiary/aromatic N) is 2. The smallest absolute Gasteiger partial charge is 0.416 e. The zero-order valence-corrected chi connectivity index (χ0v) is 21.7. The summed E-state index contributed by atoms with van der Waals surface area (Å²) >= 11 is 4.11. The highest BCUT2D eigenvalue weighted by Crippen LogP contribution is 2.41. The third kappa shape index (κ3) is 6.00. The molecule has 38 heavy (non-hydrogen) atoms. The molecule has 1 fully saturated rings. The van der Waals surface area contributed by atoms with E-state index in [0.717, 1.165) is 32.8 Å². The molecule has 3 aromatic rings. The van der Waals surface area contributed by atoms with Crippen molar-refractivity contribution in [3.63, 3.8) is 0 Å². The van der Waals surface area contributed by atoms with Crippen molar-refractivity contribution in [2.24, 2.45) is 0 Å². The van der Waals surface area contributed by atoms with Crippen LogP contribution in [0, 0.1) is 10.1 Å². The van der Waals surface area contributed by atoms with Crippen LogP contribution in [0.15, 0.2) is 70.0 Å². The molecule has 0 unspecified atom stereocenters. The van der Waals surface area contributed by atoms with E-state index in [1.165, 1.54) is 31.4 Å². The summed E-state index contributed by atoms with van der Waals surface area (Å²) in [5, 5.41) is 10.9. The van der Waals surface area contributed by atoms with Gasteiger partial charge in [-0.05, 0) is 65.4 Å². The van der Waals surface area contributed by atoms with Gasteiger partial charge in [-0.1, -0.05) is 34.1 Å². The molecule has 3 aromatic carbocycles. The molecular formula is C25H16BrF3N2O6S. The SMILES string of the molecule is COc1cc(/C=C2\SC(=O)N(Cc3ccc(Br)cc3)C2=O)ccc1Oc1ccc(C(F)(F)F)cc1[N+](=O)[O-]. The van der Waals surface area contributed by atoms with E-state index in [-0.39, 0.29) is 22.9 Å². The minimum absolute atomic E-state index is 0.00384. The molecule has 2 amide bonds. The van der Waals surface area contributed by atoms with Crippen molar-refractivity contribution < 1.29 is 37.2 Å². The fourth-order valence-electron chi connectivity index (χ4n) is 3.46. The lowest BCUT2D eigenvalue weighted by molar-refractivity contribution is -0.385. The van der Waals surface area contributed by atoms with Crippen LogP contribution < -0.4 is 9.47 Å². The van der Waals surface area contributed by atoms with Gasteiger partial charge in [0, 0.05) is 10.5 Å². The first-order chi connectivity index (χ1) is 18.0. The van der Waals surface area contributed by atoms with Crippen LogP contribution in [0.5, 0.6) is 17.2 Å². The molecule has 0 aliphatic carbocycles. The van der Waals surface area contributed by atoms with E-state index in [1.54, 1.807) is 24.3 Å². The number of benzene rings is 3. The van der Waals surface area contributed by atoms with Gasteiger partial charge in [0.1, 0.15) is 0 Å². The summed E-state index contributed by atoms with van der Waals surface area (Å²) in [6.07, 6.45) is -3.28. The molecule has 1 aliphatic heterocycles. The first-order valence-electron chi connectivity index (χ1n) is 10.7. The Morgan fingerprint density at radius 2 is 1.71 bits per heavy atom. The molecule has 0 radical (unpaired) electrons. The number of nitro benzene ring substituents is 1. The Balaban J connectivity index is 1.57. The van der Waals surface area contributed by atoms with Crippen molar-refractivity contribution in [1.29, 1.82) is 0 Å². The highest BCUT2D eigenvalue weighted by atomic mass is 79.9. The fourth-order valence-corrected chi connectivity index (χ4v) is 4.56. The number of ether oxygens (including phenoxy) is 2. The number of hydrogen-bond acceptors (Lipinski definition) is 7. The number of methoxy groups -OCH3 is 1. The van der Waals surface area contributed by atoms with Gasteiger partial charge in [0.2, 0.25) is 5.75 Å². The standard InChI is InChI=1S/C25H16BrF3N2O6S/c1-36-21-10-15(11-22-23(32)30(24(33)38-22)13-14-2-6-17(26)7-3-14)4-8-20(21)37-19-9-5-16(25(27,28)29)12-18(19)31(34)35/h2-12H,13H2,1H3/b22-11-. The number of imide groups is 1. The van der Waals surface area contributed by atoms with Crippen LogP contribution in [0.2, 0.25) is 0 Å². The molecule has 0 aromatic heterocycles. The van der Waals surface area contributed by atoms with Crippen LogP contribution in [-0.2, 0) is 17.5 Å². The molecule has 0 atom stereocenters. The Labute approximate surface area is 226 Å². The van der Waals surface area contributed by atoms with Gasteiger partial charge in [0.05, 0.1) is 29.0 Å². The molecule has 8 nitrogen and oxygen atoms in total. The maximum absolute atomic E-state index is 13.0. The van der Waals surface area contributed by atoms with E-state index in [0.29, 0.717) is 17.7 Å². The normalized spacial score (nSPS) is 14.8. The van der Waals surface area contributed by atoms with Crippen LogP contribution in [0.3, 0.4) is 0 Å². The van der Waals surface area contributed by atoms with Gasteiger partial charge in [-0.15, -0.1) is 0 Å². The highest BCUT2D eigenvalue weighted by Gasteiger charge is 2.35. The average Bonchev–Trinajstić information content (AvgIpc) is 3.12. The van der Waals surface area contributed by atoms with Gasteiger partial charge < -0.3 is 9.47 Å². The van der Waals surface area contributed by atoms with Crippen LogP contribution in [0.4, 0.5) is 23.7 Å². The summed E-state index contributed by atoms with van der Waals surface area (Å²) in [5.41, 5.74) is -0.819. The fraction of sp³-hybridized carbons (Fsp3) is 0.120. The number of amides is 2. The molecule has 1 heterocycles. The van der Waals surface area contributed by atoms with Crippen LogP contribution >= 0.6 is 27.7 Å². The van der Waals surface area contributed by atoms with E-state index < -0.39 is 39.2 Å². The second-order valence-electron chi connectivity index (χ2n) is 7.84. The van der Waals surface area contributed by atoms with Crippen molar-refractivity contribution >= 4 is 50.6 Å². The first kappa shape index (κ1) is 27.2. The van der Waals surface area contributed by atoms with Crippen molar-refractivity contribution in [2.75, 3.05) is 7.11 Å². The van der Waals surface area contributed by atoms with E-state index in [2.05, 4.69) is 15.9 Å². The maximum Gasteiger partial charge on any atom is 0.416 e. The monoisotopic (exact) mass is 608 g/mol. The first-order valence-corrected chi connectivity index (χ1v) is 12.3. The van der Waals surface area contributed by atoms with Crippen molar-refractivity contribution in [3.05, 3.63) is 96.8 Å². The van der Waals surface area contributed by atoms with E-state index in [1.807, 2.05) is 0 Å². The van der Waals surface area contributed by atoms with Gasteiger partial charge in [0.25, 0.3) is 11.1 Å². The topological polar surface area (TPSA) is 99.0 Å². The predicted molar refractivity (Wildman–Crippen MR) is 137 cm³/mol. The second-order valence-corrected chi connectivity index (χ2v) is 9.75. The molecule has 0 N–H and O–H groups in total. The number of rotatable bonds is 7. The number of alkyl halides is 3. The lowest BCUT2D eigenvalue weighted by Gasteiger charge is -2.13. The molecule has 196 valence electrons. The Bertz CT molecular complexity index is 1460. The number of hydrogen-bond donors (Lipinski definition) is 0. The van der Waals surface area contributed by atoms with Gasteiger partial charge >= 0.3 is 11.9 Å². The minimum atomic E-state index is -4.76. The molecule has 4 rings (SSSR count).